The summed E-state index contributed by atoms with van der Waals surface area (Å²) in [5, 5.41) is 3.38. The van der Waals surface area contributed by atoms with E-state index in [1.54, 1.807) is 18.3 Å². The fourth-order valence-electron chi connectivity index (χ4n) is 3.32. The van der Waals surface area contributed by atoms with Gasteiger partial charge in [0.1, 0.15) is 17.7 Å². The second kappa shape index (κ2) is 10.8. The summed E-state index contributed by atoms with van der Waals surface area (Å²) in [5.41, 5.74) is 0.984. The Morgan fingerprint density at radius 2 is 2.07 bits per heavy atom. The Balaban J connectivity index is 0.00000280. The van der Waals surface area contributed by atoms with Crippen molar-refractivity contribution in [3.63, 3.8) is 0 Å². The lowest BCUT2D eigenvalue weighted by Crippen LogP contribution is -2.50. The van der Waals surface area contributed by atoms with Crippen LogP contribution in [0, 0.1) is 12.7 Å². The number of aryl methyl sites for hydroxylation is 1. The van der Waals surface area contributed by atoms with Crippen LogP contribution in [-0.2, 0) is 11.3 Å². The predicted octanol–water partition coefficient (Wildman–Crippen LogP) is 3.38. The highest BCUT2D eigenvalue weighted by atomic mass is 127. The van der Waals surface area contributed by atoms with E-state index in [0.29, 0.717) is 13.1 Å². The smallest absolute Gasteiger partial charge is 0.194 e. The summed E-state index contributed by atoms with van der Waals surface area (Å²) >= 11 is 0. The standard InChI is InChI=1S/C20H28FN5O.HI/c1-4-22-20(24-10-12-25-11-9-23-16(25)3)26-13-15(2)27-19(14-26)17-5-7-18(21)8-6-17;/h5-9,11,15,19H,4,10,12-14H2,1-3H3,(H,22,24);1H. The Labute approximate surface area is 183 Å². The van der Waals surface area contributed by atoms with Gasteiger partial charge in [0.2, 0.25) is 0 Å². The first kappa shape index (κ1) is 22.6. The first-order valence-corrected chi connectivity index (χ1v) is 9.48. The van der Waals surface area contributed by atoms with Crippen LogP contribution in [-0.4, -0.2) is 52.7 Å². The minimum atomic E-state index is -0.232. The molecule has 0 amide bonds. The zero-order chi connectivity index (χ0) is 19.2. The second-order valence-electron chi connectivity index (χ2n) is 6.80. The monoisotopic (exact) mass is 501 g/mol. The molecule has 0 spiro atoms. The molecule has 154 valence electrons. The van der Waals surface area contributed by atoms with E-state index in [4.69, 9.17) is 9.73 Å². The Morgan fingerprint density at radius 3 is 2.71 bits per heavy atom. The Morgan fingerprint density at radius 1 is 1.32 bits per heavy atom. The average molecular weight is 501 g/mol. The molecule has 0 radical (unpaired) electrons. The Hall–Kier alpha value is -1.68. The van der Waals surface area contributed by atoms with Crippen molar-refractivity contribution < 1.29 is 9.13 Å². The third-order valence-corrected chi connectivity index (χ3v) is 4.66. The second-order valence-corrected chi connectivity index (χ2v) is 6.80. The minimum absolute atomic E-state index is 0. The highest BCUT2D eigenvalue weighted by molar-refractivity contribution is 14.0. The summed E-state index contributed by atoms with van der Waals surface area (Å²) in [6, 6.07) is 6.55. The number of rotatable bonds is 5. The van der Waals surface area contributed by atoms with Gasteiger partial charge in [-0.25, -0.2) is 9.37 Å². The lowest BCUT2D eigenvalue weighted by atomic mass is 10.1. The summed E-state index contributed by atoms with van der Waals surface area (Å²) < 4.78 is 21.4. The number of aliphatic imine (C=N–C) groups is 1. The van der Waals surface area contributed by atoms with Crippen molar-refractivity contribution in [2.45, 2.75) is 39.5 Å². The molecule has 1 aliphatic heterocycles. The molecule has 0 aliphatic carbocycles. The van der Waals surface area contributed by atoms with E-state index < -0.39 is 0 Å². The number of nitrogens with one attached hydrogen (secondary N) is 1. The number of hydrogen-bond acceptors (Lipinski definition) is 3. The lowest BCUT2D eigenvalue weighted by Gasteiger charge is -2.38. The molecule has 2 unspecified atom stereocenters. The molecule has 8 heteroatoms. The predicted molar refractivity (Wildman–Crippen MR) is 120 cm³/mol. The van der Waals surface area contributed by atoms with Gasteiger partial charge in [-0.2, -0.15) is 0 Å². The van der Waals surface area contributed by atoms with Crippen LogP contribution in [0.15, 0.2) is 41.7 Å². The molecule has 1 aromatic heterocycles. The van der Waals surface area contributed by atoms with Crippen LogP contribution in [0.4, 0.5) is 4.39 Å². The first-order chi connectivity index (χ1) is 13.1. The van der Waals surface area contributed by atoms with Gasteiger partial charge in [-0.3, -0.25) is 4.99 Å². The molecule has 6 nitrogen and oxygen atoms in total. The van der Waals surface area contributed by atoms with Crippen LogP contribution >= 0.6 is 24.0 Å². The molecule has 2 aromatic rings. The minimum Gasteiger partial charge on any atom is -0.367 e. The molecule has 2 atom stereocenters. The molecule has 0 bridgehead atoms. The largest absolute Gasteiger partial charge is 0.367 e. The number of hydrogen-bond donors (Lipinski definition) is 1. The molecule has 1 aliphatic rings. The van der Waals surface area contributed by atoms with E-state index in [1.165, 1.54) is 12.1 Å². The number of guanidine groups is 1. The average Bonchev–Trinajstić information content (AvgIpc) is 3.06. The summed E-state index contributed by atoms with van der Waals surface area (Å²) in [5.74, 6) is 1.65. The van der Waals surface area contributed by atoms with Crippen molar-refractivity contribution in [2.75, 3.05) is 26.2 Å². The van der Waals surface area contributed by atoms with Crippen molar-refractivity contribution in [3.8, 4) is 0 Å². The van der Waals surface area contributed by atoms with Crippen LogP contribution in [0.3, 0.4) is 0 Å². The maximum atomic E-state index is 13.2. The van der Waals surface area contributed by atoms with Gasteiger partial charge in [-0.05, 0) is 38.5 Å². The SMILES string of the molecule is CCNC(=NCCn1ccnc1C)N1CC(C)OC(c2ccc(F)cc2)C1.I. The third-order valence-electron chi connectivity index (χ3n) is 4.66. The maximum Gasteiger partial charge on any atom is 0.194 e. The number of imidazole rings is 1. The fourth-order valence-corrected chi connectivity index (χ4v) is 3.32. The van der Waals surface area contributed by atoms with Crippen LogP contribution in [0.1, 0.15) is 31.3 Å². The molecule has 1 saturated heterocycles. The van der Waals surface area contributed by atoms with E-state index in [0.717, 1.165) is 37.0 Å². The van der Waals surface area contributed by atoms with Crippen molar-refractivity contribution in [1.29, 1.82) is 0 Å². The van der Waals surface area contributed by atoms with Gasteiger partial charge in [0, 0.05) is 32.0 Å². The van der Waals surface area contributed by atoms with Gasteiger partial charge in [-0.15, -0.1) is 24.0 Å². The van der Waals surface area contributed by atoms with Crippen molar-refractivity contribution in [1.82, 2.24) is 19.8 Å². The van der Waals surface area contributed by atoms with E-state index in [-0.39, 0.29) is 42.0 Å². The number of morpholine rings is 1. The molecular formula is C20H29FIN5O. The summed E-state index contributed by atoms with van der Waals surface area (Å²) in [7, 11) is 0. The molecule has 1 N–H and O–H groups in total. The lowest BCUT2D eigenvalue weighted by molar-refractivity contribution is -0.0605. The Kier molecular flexibility index (Phi) is 8.68. The highest BCUT2D eigenvalue weighted by Crippen LogP contribution is 2.25. The quantitative estimate of drug-likeness (QED) is 0.388. The fraction of sp³-hybridized carbons (Fsp3) is 0.500. The molecule has 3 rings (SSSR count). The zero-order valence-corrected chi connectivity index (χ0v) is 19.0. The van der Waals surface area contributed by atoms with Crippen molar-refractivity contribution in [3.05, 3.63) is 53.9 Å². The van der Waals surface area contributed by atoms with Gasteiger partial charge in [-0.1, -0.05) is 12.1 Å². The third kappa shape index (κ3) is 5.91. The van der Waals surface area contributed by atoms with Gasteiger partial charge in [0.15, 0.2) is 5.96 Å². The first-order valence-electron chi connectivity index (χ1n) is 9.48. The van der Waals surface area contributed by atoms with Gasteiger partial charge >= 0.3 is 0 Å². The summed E-state index contributed by atoms with van der Waals surface area (Å²) in [4.78, 5) is 11.3. The molecule has 0 saturated carbocycles. The van der Waals surface area contributed by atoms with Crippen LogP contribution in [0.5, 0.6) is 0 Å². The van der Waals surface area contributed by atoms with E-state index in [1.807, 2.05) is 13.1 Å². The van der Waals surface area contributed by atoms with E-state index in [9.17, 15) is 4.39 Å². The maximum absolute atomic E-state index is 13.2. The molecule has 2 heterocycles. The van der Waals surface area contributed by atoms with E-state index >= 15 is 0 Å². The number of halogens is 2. The van der Waals surface area contributed by atoms with E-state index in [2.05, 4.69) is 33.6 Å². The van der Waals surface area contributed by atoms with Crippen LogP contribution in [0.25, 0.3) is 0 Å². The van der Waals surface area contributed by atoms with Crippen molar-refractivity contribution >= 4 is 29.9 Å². The summed E-state index contributed by atoms with van der Waals surface area (Å²) in [6.45, 7) is 9.84. The number of ether oxygens (including phenoxy) is 1. The van der Waals surface area contributed by atoms with Gasteiger partial charge in [0.25, 0.3) is 0 Å². The molecule has 1 aromatic carbocycles. The normalized spacial score (nSPS) is 20.0. The molecule has 28 heavy (non-hydrogen) atoms. The zero-order valence-electron chi connectivity index (χ0n) is 16.6. The van der Waals surface area contributed by atoms with Gasteiger partial charge < -0.3 is 19.5 Å². The summed E-state index contributed by atoms with van der Waals surface area (Å²) in [6.07, 6.45) is 3.74. The molecule has 1 fully saturated rings. The highest BCUT2D eigenvalue weighted by Gasteiger charge is 2.28. The number of aromatic nitrogens is 2. The van der Waals surface area contributed by atoms with Crippen LogP contribution in [0.2, 0.25) is 0 Å². The number of nitrogens with zero attached hydrogens (tertiary/aromatic N) is 4. The molecular weight excluding hydrogens is 472 g/mol. The van der Waals surface area contributed by atoms with Crippen LogP contribution < -0.4 is 5.32 Å². The number of benzene rings is 1. The Bertz CT molecular complexity index is 764. The topological polar surface area (TPSA) is 54.7 Å². The van der Waals surface area contributed by atoms with Crippen molar-refractivity contribution in [2.24, 2.45) is 4.99 Å². The van der Waals surface area contributed by atoms with Gasteiger partial charge in [0.05, 0.1) is 19.2 Å².